The molecule has 1 saturated carbocycles. The molecule has 0 atom stereocenters. The third kappa shape index (κ3) is 6.24. The quantitative estimate of drug-likeness (QED) is 0.302. The number of halogens is 1. The molecule has 1 fully saturated rings. The van der Waals surface area contributed by atoms with Crippen LogP contribution in [0.25, 0.3) is 0 Å². The van der Waals surface area contributed by atoms with Crippen molar-refractivity contribution >= 4 is 29.9 Å². The topological polar surface area (TPSA) is 85.6 Å². The molecule has 0 bridgehead atoms. The van der Waals surface area contributed by atoms with E-state index in [4.69, 9.17) is 14.5 Å². The van der Waals surface area contributed by atoms with E-state index in [2.05, 4.69) is 39.9 Å². The zero-order chi connectivity index (χ0) is 21.4. The summed E-state index contributed by atoms with van der Waals surface area (Å²) in [4.78, 5) is 4.71. The number of aromatic nitrogens is 3. The first kappa shape index (κ1) is 25.2. The Morgan fingerprint density at radius 1 is 1.13 bits per heavy atom. The predicted octanol–water partition coefficient (Wildman–Crippen LogP) is 3.41. The van der Waals surface area contributed by atoms with Crippen molar-refractivity contribution in [3.05, 3.63) is 35.9 Å². The Kier molecular flexibility index (Phi) is 9.86. The third-order valence-electron chi connectivity index (χ3n) is 5.93. The molecule has 1 aliphatic carbocycles. The Labute approximate surface area is 202 Å². The molecule has 0 unspecified atom stereocenters. The average Bonchev–Trinajstić information content (AvgIpc) is 3.20. The fourth-order valence-corrected chi connectivity index (χ4v) is 4.16. The number of hydrogen-bond acceptors (Lipinski definition) is 5. The Hall–Kier alpha value is -2.04. The maximum atomic E-state index is 5.57. The molecule has 0 saturated heterocycles. The van der Waals surface area contributed by atoms with E-state index in [0.717, 1.165) is 49.2 Å². The Balaban J connectivity index is 0.00000341. The molecule has 2 aromatic rings. The molecular formula is C22H35IN6O2. The van der Waals surface area contributed by atoms with Gasteiger partial charge in [0.15, 0.2) is 23.3 Å². The van der Waals surface area contributed by atoms with E-state index < -0.39 is 0 Å². The van der Waals surface area contributed by atoms with Gasteiger partial charge in [-0.15, -0.1) is 34.2 Å². The lowest BCUT2D eigenvalue weighted by atomic mass is 9.69. The monoisotopic (exact) mass is 542 g/mol. The first-order valence-electron chi connectivity index (χ1n) is 10.7. The Morgan fingerprint density at radius 3 is 2.48 bits per heavy atom. The van der Waals surface area contributed by atoms with Gasteiger partial charge in [0, 0.05) is 25.6 Å². The van der Waals surface area contributed by atoms with E-state index in [-0.39, 0.29) is 29.4 Å². The minimum atomic E-state index is 0. The van der Waals surface area contributed by atoms with Gasteiger partial charge >= 0.3 is 0 Å². The molecule has 31 heavy (non-hydrogen) atoms. The smallest absolute Gasteiger partial charge is 0.191 e. The summed E-state index contributed by atoms with van der Waals surface area (Å²) in [5, 5.41) is 15.0. The molecule has 1 heterocycles. The van der Waals surface area contributed by atoms with Crippen LogP contribution >= 0.6 is 24.0 Å². The summed E-state index contributed by atoms with van der Waals surface area (Å²) in [6.07, 6.45) is 7.70. The van der Waals surface area contributed by atoms with E-state index in [9.17, 15) is 0 Å². The number of methoxy groups -OCH3 is 2. The molecular weight excluding hydrogens is 507 g/mol. The van der Waals surface area contributed by atoms with Crippen LogP contribution in [0, 0.1) is 0 Å². The molecule has 9 heteroatoms. The average molecular weight is 542 g/mol. The van der Waals surface area contributed by atoms with Crippen molar-refractivity contribution in [1.82, 2.24) is 25.4 Å². The molecule has 0 aliphatic heterocycles. The van der Waals surface area contributed by atoms with Crippen LogP contribution in [0.2, 0.25) is 0 Å². The summed E-state index contributed by atoms with van der Waals surface area (Å²) in [6.45, 7) is 4.17. The number of hydrogen-bond donors (Lipinski definition) is 2. The minimum Gasteiger partial charge on any atom is -0.493 e. The standard InChI is InChI=1S/C22H34N6O2.HI/c1-5-23-21(24-14-20-27-26-16-28(20)2)25-15-22(11-7-6-8-12-22)17-9-10-18(29-3)19(13-17)30-4;/h9-10,13,16H,5-8,11-12,14-15H2,1-4H3,(H2,23,24,25);1H. The van der Waals surface area contributed by atoms with Crippen molar-refractivity contribution in [3.8, 4) is 11.5 Å². The molecule has 1 aromatic carbocycles. The minimum absolute atomic E-state index is 0. The highest BCUT2D eigenvalue weighted by atomic mass is 127. The lowest BCUT2D eigenvalue weighted by molar-refractivity contribution is 0.288. The zero-order valence-corrected chi connectivity index (χ0v) is 21.3. The van der Waals surface area contributed by atoms with Crippen LogP contribution in [0.15, 0.2) is 29.5 Å². The molecule has 172 valence electrons. The van der Waals surface area contributed by atoms with Crippen LogP contribution in [-0.4, -0.2) is 48.0 Å². The molecule has 2 N–H and O–H groups in total. The van der Waals surface area contributed by atoms with E-state index in [0.29, 0.717) is 6.54 Å². The third-order valence-corrected chi connectivity index (χ3v) is 5.93. The number of benzene rings is 1. The summed E-state index contributed by atoms with van der Waals surface area (Å²) in [6, 6.07) is 6.32. The van der Waals surface area contributed by atoms with Gasteiger partial charge in [-0.05, 0) is 37.5 Å². The number of nitrogens with one attached hydrogen (secondary N) is 2. The molecule has 0 spiro atoms. The van der Waals surface area contributed by atoms with Crippen LogP contribution in [0.1, 0.15) is 50.4 Å². The molecule has 0 amide bonds. The molecule has 8 nitrogen and oxygen atoms in total. The van der Waals surface area contributed by atoms with Crippen LogP contribution in [-0.2, 0) is 19.0 Å². The van der Waals surface area contributed by atoms with Crippen LogP contribution < -0.4 is 20.1 Å². The van der Waals surface area contributed by atoms with E-state index >= 15 is 0 Å². The van der Waals surface area contributed by atoms with Gasteiger partial charge in [-0.1, -0.05) is 25.3 Å². The van der Waals surface area contributed by atoms with Crippen LogP contribution in [0.4, 0.5) is 0 Å². The van der Waals surface area contributed by atoms with Gasteiger partial charge in [-0.25, -0.2) is 4.99 Å². The van der Waals surface area contributed by atoms with E-state index in [1.54, 1.807) is 20.5 Å². The molecule has 0 radical (unpaired) electrons. The first-order valence-corrected chi connectivity index (χ1v) is 10.7. The normalized spacial score (nSPS) is 15.7. The molecule has 1 aromatic heterocycles. The molecule has 3 rings (SSSR count). The highest BCUT2D eigenvalue weighted by molar-refractivity contribution is 14.0. The van der Waals surface area contributed by atoms with Gasteiger partial charge in [0.1, 0.15) is 12.9 Å². The predicted molar refractivity (Wildman–Crippen MR) is 134 cm³/mol. The second-order valence-electron chi connectivity index (χ2n) is 7.82. The van der Waals surface area contributed by atoms with Gasteiger partial charge in [0.25, 0.3) is 0 Å². The van der Waals surface area contributed by atoms with Crippen molar-refractivity contribution in [3.63, 3.8) is 0 Å². The van der Waals surface area contributed by atoms with Gasteiger partial charge < -0.3 is 24.7 Å². The van der Waals surface area contributed by atoms with Crippen molar-refractivity contribution in [1.29, 1.82) is 0 Å². The zero-order valence-electron chi connectivity index (χ0n) is 19.0. The maximum absolute atomic E-state index is 5.57. The summed E-state index contributed by atoms with van der Waals surface area (Å²) in [5.74, 6) is 3.17. The van der Waals surface area contributed by atoms with Gasteiger partial charge in [-0.3, -0.25) is 0 Å². The summed E-state index contributed by atoms with van der Waals surface area (Å²) < 4.78 is 12.9. The van der Waals surface area contributed by atoms with Gasteiger partial charge in [-0.2, -0.15) is 0 Å². The number of guanidine groups is 1. The number of rotatable bonds is 8. The second-order valence-corrected chi connectivity index (χ2v) is 7.82. The number of ether oxygens (including phenoxy) is 2. The first-order chi connectivity index (χ1) is 14.6. The number of nitrogens with zero attached hydrogens (tertiary/aromatic N) is 4. The summed E-state index contributed by atoms with van der Waals surface area (Å²) in [5.41, 5.74) is 1.33. The Bertz CT molecular complexity index is 848. The highest BCUT2D eigenvalue weighted by Crippen LogP contribution is 2.42. The fourth-order valence-electron chi connectivity index (χ4n) is 4.16. The summed E-state index contributed by atoms with van der Waals surface area (Å²) >= 11 is 0. The lowest BCUT2D eigenvalue weighted by Crippen LogP contribution is -2.46. The van der Waals surface area contributed by atoms with Crippen molar-refractivity contribution in [2.45, 2.75) is 51.0 Å². The SMILES string of the molecule is CCNC(=NCc1nncn1C)NCC1(c2ccc(OC)c(OC)c2)CCCCC1.I. The van der Waals surface area contributed by atoms with Crippen molar-refractivity contribution in [2.75, 3.05) is 27.3 Å². The highest BCUT2D eigenvalue weighted by Gasteiger charge is 2.34. The van der Waals surface area contributed by atoms with Crippen molar-refractivity contribution in [2.24, 2.45) is 12.0 Å². The number of aliphatic imine (C=N–C) groups is 1. The fraction of sp³-hybridized carbons (Fsp3) is 0.591. The lowest BCUT2D eigenvalue weighted by Gasteiger charge is -2.38. The van der Waals surface area contributed by atoms with E-state index in [1.807, 2.05) is 17.7 Å². The maximum Gasteiger partial charge on any atom is 0.191 e. The van der Waals surface area contributed by atoms with Gasteiger partial charge in [0.2, 0.25) is 0 Å². The van der Waals surface area contributed by atoms with E-state index in [1.165, 1.54) is 24.8 Å². The van der Waals surface area contributed by atoms with Crippen molar-refractivity contribution < 1.29 is 9.47 Å². The Morgan fingerprint density at radius 2 is 1.87 bits per heavy atom. The van der Waals surface area contributed by atoms with Crippen LogP contribution in [0.3, 0.4) is 0 Å². The second kappa shape index (κ2) is 12.1. The summed E-state index contributed by atoms with van der Waals surface area (Å²) in [7, 11) is 5.29. The largest absolute Gasteiger partial charge is 0.493 e. The van der Waals surface area contributed by atoms with Crippen LogP contribution in [0.5, 0.6) is 11.5 Å². The molecule has 1 aliphatic rings. The van der Waals surface area contributed by atoms with Gasteiger partial charge in [0.05, 0.1) is 14.2 Å². The number of aryl methyl sites for hydroxylation is 1.